The zero-order chi connectivity index (χ0) is 22.1. The summed E-state index contributed by atoms with van der Waals surface area (Å²) in [5, 5.41) is 0. The first-order chi connectivity index (χ1) is 15.6. The fourth-order valence-corrected chi connectivity index (χ4v) is 4.11. The van der Waals surface area contributed by atoms with E-state index in [2.05, 4.69) is 4.99 Å². The number of aliphatic imine (C=N–C) groups is 1. The highest BCUT2D eigenvalue weighted by molar-refractivity contribution is 6.22. The third-order valence-electron chi connectivity index (χ3n) is 5.64. The summed E-state index contributed by atoms with van der Waals surface area (Å²) in [4.78, 5) is 33.8. The Hall–Kier alpha value is -3.97. The van der Waals surface area contributed by atoms with Gasteiger partial charge < -0.3 is 15.4 Å². The van der Waals surface area contributed by atoms with Crippen molar-refractivity contribution in [1.82, 2.24) is 0 Å². The Labute approximate surface area is 185 Å². The molecule has 0 saturated heterocycles. The van der Waals surface area contributed by atoms with Crippen LogP contribution in [-0.2, 0) is 16.1 Å². The van der Waals surface area contributed by atoms with E-state index >= 15 is 0 Å². The van der Waals surface area contributed by atoms with Gasteiger partial charge in [0.25, 0.3) is 5.91 Å². The van der Waals surface area contributed by atoms with Gasteiger partial charge in [0.15, 0.2) is 6.17 Å². The van der Waals surface area contributed by atoms with Gasteiger partial charge >= 0.3 is 6.09 Å². The highest BCUT2D eigenvalue weighted by atomic mass is 16.6. The molecule has 160 valence electrons. The minimum atomic E-state index is -1.01. The molecule has 0 radical (unpaired) electrons. The third kappa shape index (κ3) is 3.52. The predicted octanol–water partition coefficient (Wildman–Crippen LogP) is 3.31. The van der Waals surface area contributed by atoms with Crippen LogP contribution in [0.1, 0.15) is 16.7 Å². The van der Waals surface area contributed by atoms with E-state index in [9.17, 15) is 9.59 Å². The second-order valence-electron chi connectivity index (χ2n) is 7.64. The lowest BCUT2D eigenvalue weighted by molar-refractivity contribution is -0.119. The molecule has 0 aliphatic carbocycles. The number of amides is 2. The van der Waals surface area contributed by atoms with Crippen LogP contribution in [-0.4, -0.2) is 37.0 Å². The highest BCUT2D eigenvalue weighted by Crippen LogP contribution is 2.39. The van der Waals surface area contributed by atoms with Gasteiger partial charge in [-0.3, -0.25) is 14.7 Å². The molecule has 0 spiro atoms. The third-order valence-corrected chi connectivity index (χ3v) is 5.64. The molecule has 32 heavy (non-hydrogen) atoms. The van der Waals surface area contributed by atoms with E-state index < -0.39 is 12.3 Å². The second kappa shape index (κ2) is 8.28. The Morgan fingerprint density at radius 2 is 1.69 bits per heavy atom. The summed E-state index contributed by atoms with van der Waals surface area (Å²) in [6.45, 7) is 0.799. The van der Waals surface area contributed by atoms with E-state index in [1.165, 1.54) is 0 Å². The Morgan fingerprint density at radius 1 is 0.969 bits per heavy atom. The first-order valence-corrected chi connectivity index (χ1v) is 10.5. The maximum atomic E-state index is 13.0. The van der Waals surface area contributed by atoms with Gasteiger partial charge in [-0.2, -0.15) is 0 Å². The van der Waals surface area contributed by atoms with Gasteiger partial charge in [-0.25, -0.2) is 4.79 Å². The van der Waals surface area contributed by atoms with Crippen LogP contribution in [0.5, 0.6) is 0 Å². The lowest BCUT2D eigenvalue weighted by Crippen LogP contribution is -2.50. The Bertz CT molecular complexity index is 1190. The molecule has 2 N–H and O–H groups in total. The average molecular weight is 426 g/mol. The average Bonchev–Trinajstić information content (AvgIpc) is 2.95. The van der Waals surface area contributed by atoms with E-state index in [0.717, 1.165) is 16.7 Å². The van der Waals surface area contributed by atoms with Crippen molar-refractivity contribution < 1.29 is 14.3 Å². The monoisotopic (exact) mass is 426 g/mol. The van der Waals surface area contributed by atoms with Crippen molar-refractivity contribution in [3.63, 3.8) is 0 Å². The normalized spacial score (nSPS) is 17.3. The number of ether oxygens (including phenoxy) is 1. The topological polar surface area (TPSA) is 88.2 Å². The number of anilines is 2. The van der Waals surface area contributed by atoms with E-state index in [4.69, 9.17) is 10.5 Å². The molecule has 2 aliphatic rings. The van der Waals surface area contributed by atoms with Crippen LogP contribution in [0.3, 0.4) is 0 Å². The zero-order valence-electron chi connectivity index (χ0n) is 17.3. The fourth-order valence-electron chi connectivity index (χ4n) is 4.11. The number of carbonyl (C=O) groups excluding carboxylic acids is 2. The molecular weight excluding hydrogens is 404 g/mol. The van der Waals surface area contributed by atoms with Gasteiger partial charge in [-0.1, -0.05) is 72.8 Å². The van der Waals surface area contributed by atoms with E-state index in [1.807, 2.05) is 78.9 Å². The van der Waals surface area contributed by atoms with E-state index in [0.29, 0.717) is 30.2 Å². The van der Waals surface area contributed by atoms with Gasteiger partial charge in [-0.05, 0) is 11.6 Å². The van der Waals surface area contributed by atoms with Crippen molar-refractivity contribution in [3.05, 3.63) is 95.6 Å². The number of carbonyl (C=O) groups is 2. The van der Waals surface area contributed by atoms with Crippen molar-refractivity contribution in [2.45, 2.75) is 12.8 Å². The molecule has 0 fully saturated rings. The molecule has 2 aliphatic heterocycles. The van der Waals surface area contributed by atoms with Crippen LogP contribution in [0.25, 0.3) is 0 Å². The smallest absolute Gasteiger partial charge is 0.414 e. The van der Waals surface area contributed by atoms with Crippen molar-refractivity contribution >= 4 is 29.1 Å². The summed E-state index contributed by atoms with van der Waals surface area (Å²) < 4.78 is 5.57. The summed E-state index contributed by atoms with van der Waals surface area (Å²) in [5.74, 6) is -0.290. The Morgan fingerprint density at radius 3 is 2.44 bits per heavy atom. The first-order valence-electron chi connectivity index (χ1n) is 10.5. The van der Waals surface area contributed by atoms with Crippen molar-refractivity contribution in [2.75, 3.05) is 22.9 Å². The van der Waals surface area contributed by atoms with Crippen LogP contribution in [0.4, 0.5) is 16.2 Å². The number of rotatable bonds is 3. The summed E-state index contributed by atoms with van der Waals surface area (Å²) in [6.07, 6.45) is -1.47. The zero-order valence-corrected chi connectivity index (χ0v) is 17.3. The fraction of sp³-hybridized carbons (Fsp3) is 0.160. The van der Waals surface area contributed by atoms with Crippen LogP contribution in [0.2, 0.25) is 0 Å². The molecule has 0 saturated carbocycles. The molecule has 0 aromatic heterocycles. The lowest BCUT2D eigenvalue weighted by atomic mass is 9.98. The van der Waals surface area contributed by atoms with Gasteiger partial charge in [-0.15, -0.1) is 0 Å². The number of nitrogens with two attached hydrogens (primary N) is 1. The maximum Gasteiger partial charge on any atom is 0.414 e. The van der Waals surface area contributed by atoms with Gasteiger partial charge in [0, 0.05) is 24.2 Å². The molecule has 7 nitrogen and oxygen atoms in total. The van der Waals surface area contributed by atoms with Crippen molar-refractivity contribution in [2.24, 2.45) is 10.7 Å². The van der Waals surface area contributed by atoms with Gasteiger partial charge in [0.1, 0.15) is 6.61 Å². The standard InChI is InChI=1S/C25H22N4O3/c26-23-24(30)29-15-14-28(25(31)32-16-17-8-3-1-4-9-17)20-13-7-12-19(22(20)29)21(27-23)18-10-5-2-6-11-18/h1-13,23H,14-16,26H2. The molecule has 1 atom stereocenters. The SMILES string of the molecule is NC1N=C(c2ccccc2)c2cccc3c2N(CCN3C(=O)OCc2ccccc2)C1=O. The van der Waals surface area contributed by atoms with Crippen LogP contribution >= 0.6 is 0 Å². The Balaban J connectivity index is 1.53. The largest absolute Gasteiger partial charge is 0.444 e. The van der Waals surface area contributed by atoms with Crippen LogP contribution in [0.15, 0.2) is 83.9 Å². The number of hydrogen-bond acceptors (Lipinski definition) is 5. The van der Waals surface area contributed by atoms with Crippen LogP contribution in [0, 0.1) is 0 Å². The van der Waals surface area contributed by atoms with Gasteiger partial charge in [0.2, 0.25) is 0 Å². The predicted molar refractivity (Wildman–Crippen MR) is 123 cm³/mol. The van der Waals surface area contributed by atoms with Gasteiger partial charge in [0.05, 0.1) is 17.1 Å². The van der Waals surface area contributed by atoms with E-state index in [-0.39, 0.29) is 12.5 Å². The lowest BCUT2D eigenvalue weighted by Gasteiger charge is -2.36. The minimum absolute atomic E-state index is 0.176. The summed E-state index contributed by atoms with van der Waals surface area (Å²) in [7, 11) is 0. The molecule has 2 heterocycles. The molecule has 5 rings (SSSR count). The minimum Gasteiger partial charge on any atom is -0.444 e. The number of benzene rings is 3. The first kappa shape index (κ1) is 20.0. The molecule has 7 heteroatoms. The number of hydrogen-bond donors (Lipinski definition) is 1. The second-order valence-corrected chi connectivity index (χ2v) is 7.64. The highest BCUT2D eigenvalue weighted by Gasteiger charge is 2.37. The van der Waals surface area contributed by atoms with E-state index in [1.54, 1.807) is 9.80 Å². The van der Waals surface area contributed by atoms with Crippen molar-refractivity contribution in [1.29, 1.82) is 0 Å². The summed E-state index contributed by atoms with van der Waals surface area (Å²) in [6, 6.07) is 24.7. The Kier molecular flexibility index (Phi) is 5.17. The maximum absolute atomic E-state index is 13.0. The van der Waals surface area contributed by atoms with Crippen molar-refractivity contribution in [3.8, 4) is 0 Å². The summed E-state index contributed by atoms with van der Waals surface area (Å²) in [5.41, 5.74) is 10.5. The molecule has 3 aromatic rings. The number of para-hydroxylation sites is 1. The molecule has 2 amide bonds. The molecule has 3 aromatic carbocycles. The summed E-state index contributed by atoms with van der Waals surface area (Å²) >= 11 is 0. The quantitative estimate of drug-likeness (QED) is 0.696. The molecular formula is C25H22N4O3. The molecule has 0 bridgehead atoms. The number of nitrogens with zero attached hydrogens (tertiary/aromatic N) is 3. The molecule has 1 unspecified atom stereocenters. The van der Waals surface area contributed by atoms with Crippen LogP contribution < -0.4 is 15.5 Å².